The van der Waals surface area contributed by atoms with Crippen molar-refractivity contribution < 1.29 is 22.8 Å². The summed E-state index contributed by atoms with van der Waals surface area (Å²) in [5.74, 6) is 4.00. The lowest BCUT2D eigenvalue weighted by Gasteiger charge is -2.07. The Morgan fingerprint density at radius 2 is 2.00 bits per heavy atom. The van der Waals surface area contributed by atoms with Gasteiger partial charge in [0.1, 0.15) is 6.29 Å². The van der Waals surface area contributed by atoms with E-state index < -0.39 is 17.6 Å². The zero-order chi connectivity index (χ0) is 13.8. The van der Waals surface area contributed by atoms with Crippen LogP contribution < -0.4 is 5.73 Å². The number of carbonyl (C=O) groups excluding carboxylic acids is 2. The number of nitrogens with two attached hydrogens (primary N) is 1. The van der Waals surface area contributed by atoms with Gasteiger partial charge in [-0.05, 0) is 18.2 Å². The first-order valence-corrected chi connectivity index (χ1v) is 4.77. The molecule has 0 fully saturated rings. The molecule has 0 bridgehead atoms. The molecule has 94 valence electrons. The quantitative estimate of drug-likeness (QED) is 0.646. The Kier molecular flexibility index (Phi) is 4.10. The Morgan fingerprint density at radius 1 is 1.33 bits per heavy atom. The van der Waals surface area contributed by atoms with Crippen molar-refractivity contribution in [3.63, 3.8) is 0 Å². The van der Waals surface area contributed by atoms with Gasteiger partial charge in [0.15, 0.2) is 0 Å². The normalized spacial score (nSPS) is 10.4. The van der Waals surface area contributed by atoms with E-state index in [4.69, 9.17) is 5.73 Å². The first-order chi connectivity index (χ1) is 8.32. The van der Waals surface area contributed by atoms with E-state index in [1.807, 2.05) is 0 Å². The zero-order valence-electron chi connectivity index (χ0n) is 9.04. The maximum Gasteiger partial charge on any atom is 0.416 e. The van der Waals surface area contributed by atoms with Crippen LogP contribution in [0.25, 0.3) is 0 Å². The molecule has 2 N–H and O–H groups in total. The number of aldehydes is 1. The van der Waals surface area contributed by atoms with Gasteiger partial charge >= 0.3 is 6.18 Å². The number of halogens is 3. The van der Waals surface area contributed by atoms with Gasteiger partial charge in [0.25, 0.3) is 0 Å². The number of primary amides is 1. The van der Waals surface area contributed by atoms with E-state index in [9.17, 15) is 22.8 Å². The van der Waals surface area contributed by atoms with Crippen LogP contribution in [0.4, 0.5) is 13.2 Å². The summed E-state index contributed by atoms with van der Waals surface area (Å²) in [5.41, 5.74) is 3.75. The summed E-state index contributed by atoms with van der Waals surface area (Å²) in [7, 11) is 0. The number of rotatable bonds is 2. The summed E-state index contributed by atoms with van der Waals surface area (Å²) >= 11 is 0. The van der Waals surface area contributed by atoms with Crippen LogP contribution in [0.2, 0.25) is 0 Å². The minimum Gasteiger partial charge on any atom is -0.369 e. The predicted octanol–water partition coefficient (Wildman–Crippen LogP) is 1.74. The van der Waals surface area contributed by atoms with E-state index in [-0.39, 0.29) is 17.5 Å². The van der Waals surface area contributed by atoms with Crippen LogP contribution in [0.15, 0.2) is 18.2 Å². The molecule has 1 aromatic rings. The fraction of sp³-hybridized carbons (Fsp3) is 0.167. The van der Waals surface area contributed by atoms with E-state index in [1.165, 1.54) is 6.07 Å². The third-order valence-electron chi connectivity index (χ3n) is 1.91. The molecular weight excluding hydrogens is 247 g/mol. The van der Waals surface area contributed by atoms with Gasteiger partial charge in [-0.2, -0.15) is 13.2 Å². The summed E-state index contributed by atoms with van der Waals surface area (Å²) < 4.78 is 37.5. The maximum absolute atomic E-state index is 12.5. The van der Waals surface area contributed by atoms with Gasteiger partial charge < -0.3 is 5.73 Å². The summed E-state index contributed by atoms with van der Waals surface area (Å²) in [5, 5.41) is 0. The van der Waals surface area contributed by atoms with Crippen LogP contribution >= 0.6 is 0 Å². The number of amides is 1. The molecule has 0 aromatic heterocycles. The van der Waals surface area contributed by atoms with Gasteiger partial charge in [0.05, 0.1) is 12.0 Å². The van der Waals surface area contributed by atoms with Crippen molar-refractivity contribution in [1.29, 1.82) is 0 Å². The summed E-state index contributed by atoms with van der Waals surface area (Å²) in [6.07, 6.45) is -4.51. The van der Waals surface area contributed by atoms with Crippen molar-refractivity contribution in [3.8, 4) is 11.8 Å². The second kappa shape index (κ2) is 5.36. The maximum atomic E-state index is 12.5. The van der Waals surface area contributed by atoms with E-state index in [2.05, 4.69) is 11.8 Å². The molecule has 0 aliphatic rings. The molecule has 0 atom stereocenters. The van der Waals surface area contributed by atoms with E-state index in [1.54, 1.807) is 0 Å². The minimum atomic E-state index is -4.56. The molecule has 0 saturated heterocycles. The first-order valence-electron chi connectivity index (χ1n) is 4.77. The van der Waals surface area contributed by atoms with Gasteiger partial charge in [-0.1, -0.05) is 11.8 Å². The molecule has 0 aliphatic carbocycles. The topological polar surface area (TPSA) is 60.2 Å². The fourth-order valence-corrected chi connectivity index (χ4v) is 1.19. The lowest BCUT2D eigenvalue weighted by atomic mass is 10.1. The van der Waals surface area contributed by atoms with Crippen molar-refractivity contribution in [1.82, 2.24) is 0 Å². The SMILES string of the molecule is NC(=O)CC#Cc1cc(C=O)cc(C(F)(F)F)c1. The smallest absolute Gasteiger partial charge is 0.369 e. The summed E-state index contributed by atoms with van der Waals surface area (Å²) in [6, 6.07) is 2.74. The Morgan fingerprint density at radius 3 is 2.50 bits per heavy atom. The highest BCUT2D eigenvalue weighted by atomic mass is 19.4. The van der Waals surface area contributed by atoms with Crippen LogP contribution in [-0.4, -0.2) is 12.2 Å². The molecule has 1 aromatic carbocycles. The van der Waals surface area contributed by atoms with Crippen molar-refractivity contribution >= 4 is 12.2 Å². The number of benzene rings is 1. The van der Waals surface area contributed by atoms with E-state index >= 15 is 0 Å². The summed E-state index contributed by atoms with van der Waals surface area (Å²) in [4.78, 5) is 21.0. The van der Waals surface area contributed by atoms with Gasteiger partial charge in [-0.25, -0.2) is 0 Å². The molecule has 0 saturated carbocycles. The third kappa shape index (κ3) is 3.94. The Bertz CT molecular complexity index is 538. The number of carbonyl (C=O) groups is 2. The fourth-order valence-electron chi connectivity index (χ4n) is 1.19. The van der Waals surface area contributed by atoms with Crippen molar-refractivity contribution in [2.24, 2.45) is 5.73 Å². The lowest BCUT2D eigenvalue weighted by molar-refractivity contribution is -0.137. The van der Waals surface area contributed by atoms with Crippen LogP contribution in [0, 0.1) is 11.8 Å². The van der Waals surface area contributed by atoms with E-state index in [0.29, 0.717) is 6.29 Å². The standard InChI is InChI=1S/C12H8F3NO2/c13-12(14,15)10-5-8(2-1-3-11(16)18)4-9(6-10)7-17/h4-7H,3H2,(H2,16,18). The summed E-state index contributed by atoms with van der Waals surface area (Å²) in [6.45, 7) is 0. The molecule has 0 heterocycles. The average molecular weight is 255 g/mol. The highest BCUT2D eigenvalue weighted by Crippen LogP contribution is 2.30. The molecule has 1 amide bonds. The molecular formula is C12H8F3NO2. The third-order valence-corrected chi connectivity index (χ3v) is 1.91. The van der Waals surface area contributed by atoms with Crippen LogP contribution in [0.5, 0.6) is 0 Å². The Labute approximate surface area is 101 Å². The molecule has 3 nitrogen and oxygen atoms in total. The van der Waals surface area contributed by atoms with Crippen LogP contribution in [0.3, 0.4) is 0 Å². The number of hydrogen-bond donors (Lipinski definition) is 1. The zero-order valence-corrected chi connectivity index (χ0v) is 9.04. The predicted molar refractivity (Wildman–Crippen MR) is 57.5 cm³/mol. The van der Waals surface area contributed by atoms with Crippen molar-refractivity contribution in [2.75, 3.05) is 0 Å². The number of hydrogen-bond acceptors (Lipinski definition) is 2. The van der Waals surface area contributed by atoms with Crippen LogP contribution in [0.1, 0.15) is 27.9 Å². The molecule has 0 unspecified atom stereocenters. The number of alkyl halides is 3. The molecule has 0 radical (unpaired) electrons. The monoisotopic (exact) mass is 255 g/mol. The largest absolute Gasteiger partial charge is 0.416 e. The highest BCUT2D eigenvalue weighted by Gasteiger charge is 2.31. The minimum absolute atomic E-state index is 0.00757. The van der Waals surface area contributed by atoms with Crippen LogP contribution in [-0.2, 0) is 11.0 Å². The van der Waals surface area contributed by atoms with Gasteiger partial charge in [-0.15, -0.1) is 0 Å². The molecule has 18 heavy (non-hydrogen) atoms. The average Bonchev–Trinajstić information content (AvgIpc) is 2.27. The highest BCUT2D eigenvalue weighted by molar-refractivity contribution is 5.77. The van der Waals surface area contributed by atoms with E-state index in [0.717, 1.165) is 12.1 Å². The molecule has 1 rings (SSSR count). The molecule has 0 aliphatic heterocycles. The molecule has 0 spiro atoms. The second-order valence-corrected chi connectivity index (χ2v) is 3.40. The van der Waals surface area contributed by atoms with Crippen molar-refractivity contribution in [3.05, 3.63) is 34.9 Å². The molecule has 6 heteroatoms. The Hall–Kier alpha value is -2.29. The van der Waals surface area contributed by atoms with Crippen molar-refractivity contribution in [2.45, 2.75) is 12.6 Å². The second-order valence-electron chi connectivity index (χ2n) is 3.40. The Balaban J connectivity index is 3.15. The van der Waals surface area contributed by atoms with Gasteiger partial charge in [0, 0.05) is 11.1 Å². The van der Waals surface area contributed by atoms with Gasteiger partial charge in [0.2, 0.25) is 5.91 Å². The lowest BCUT2D eigenvalue weighted by Crippen LogP contribution is -2.08. The first kappa shape index (κ1) is 13.8. The van der Waals surface area contributed by atoms with Gasteiger partial charge in [-0.3, -0.25) is 9.59 Å².